The van der Waals surface area contributed by atoms with Crippen LogP contribution in [0.2, 0.25) is 0 Å². The topological polar surface area (TPSA) is 72.7 Å². The van der Waals surface area contributed by atoms with E-state index in [0.717, 1.165) is 43.5 Å². The SMILES string of the molecule is CN=C(NCc1ccc(Cn2ccnc2)cc1)NCc1ccc(C)cc1OCC1CCOC1.I. The summed E-state index contributed by atoms with van der Waals surface area (Å²) in [5, 5.41) is 6.80. The summed E-state index contributed by atoms with van der Waals surface area (Å²) in [5.74, 6) is 2.17. The third-order valence-electron chi connectivity index (χ3n) is 5.80. The number of aromatic nitrogens is 2. The molecule has 1 atom stereocenters. The van der Waals surface area contributed by atoms with Crippen LogP contribution in [0.25, 0.3) is 0 Å². The minimum absolute atomic E-state index is 0. The van der Waals surface area contributed by atoms with E-state index in [1.54, 1.807) is 13.2 Å². The smallest absolute Gasteiger partial charge is 0.191 e. The fraction of sp³-hybridized carbons (Fsp3) is 0.385. The van der Waals surface area contributed by atoms with Crippen LogP contribution in [0, 0.1) is 12.8 Å². The van der Waals surface area contributed by atoms with Crippen molar-refractivity contribution in [2.24, 2.45) is 10.9 Å². The predicted octanol–water partition coefficient (Wildman–Crippen LogP) is 4.14. The first-order chi connectivity index (χ1) is 16.2. The molecule has 2 aromatic carbocycles. The van der Waals surface area contributed by atoms with Gasteiger partial charge in [0.25, 0.3) is 0 Å². The Hall–Kier alpha value is -2.59. The number of nitrogens with one attached hydrogen (secondary N) is 2. The van der Waals surface area contributed by atoms with E-state index in [9.17, 15) is 0 Å². The molecule has 0 amide bonds. The van der Waals surface area contributed by atoms with Crippen molar-refractivity contribution in [3.8, 4) is 5.75 Å². The number of halogens is 1. The van der Waals surface area contributed by atoms with E-state index in [2.05, 4.69) is 74.6 Å². The van der Waals surface area contributed by atoms with E-state index in [1.807, 2.05) is 12.5 Å². The van der Waals surface area contributed by atoms with E-state index in [-0.39, 0.29) is 24.0 Å². The van der Waals surface area contributed by atoms with Crippen LogP contribution in [0.4, 0.5) is 0 Å². The molecule has 7 nitrogen and oxygen atoms in total. The van der Waals surface area contributed by atoms with Crippen LogP contribution in [0.1, 0.15) is 28.7 Å². The summed E-state index contributed by atoms with van der Waals surface area (Å²) >= 11 is 0. The Morgan fingerprint density at radius 1 is 1.15 bits per heavy atom. The number of hydrogen-bond donors (Lipinski definition) is 2. The van der Waals surface area contributed by atoms with E-state index in [0.29, 0.717) is 25.6 Å². The third kappa shape index (κ3) is 7.73. The largest absolute Gasteiger partial charge is 0.493 e. The summed E-state index contributed by atoms with van der Waals surface area (Å²) in [5.41, 5.74) is 4.75. The molecule has 1 aliphatic heterocycles. The normalized spacial score (nSPS) is 15.6. The first-order valence-corrected chi connectivity index (χ1v) is 11.5. The molecule has 2 heterocycles. The summed E-state index contributed by atoms with van der Waals surface area (Å²) in [6.45, 7) is 6.58. The number of hydrogen-bond acceptors (Lipinski definition) is 4. The van der Waals surface area contributed by atoms with Gasteiger partial charge in [-0.1, -0.05) is 36.4 Å². The Kier molecular flexibility index (Phi) is 10.2. The maximum absolute atomic E-state index is 6.16. The molecule has 1 aromatic heterocycles. The van der Waals surface area contributed by atoms with Gasteiger partial charge in [-0.2, -0.15) is 0 Å². The van der Waals surface area contributed by atoms with Crippen molar-refractivity contribution in [3.63, 3.8) is 0 Å². The number of ether oxygens (including phenoxy) is 2. The Balaban J connectivity index is 0.00000324. The summed E-state index contributed by atoms with van der Waals surface area (Å²) in [6, 6.07) is 14.9. The van der Waals surface area contributed by atoms with Gasteiger partial charge >= 0.3 is 0 Å². The lowest BCUT2D eigenvalue weighted by atomic mass is 10.1. The van der Waals surface area contributed by atoms with Crippen LogP contribution < -0.4 is 15.4 Å². The van der Waals surface area contributed by atoms with E-state index < -0.39 is 0 Å². The Labute approximate surface area is 219 Å². The molecule has 1 fully saturated rings. The van der Waals surface area contributed by atoms with Gasteiger partial charge in [0.05, 0.1) is 19.5 Å². The highest BCUT2D eigenvalue weighted by atomic mass is 127. The van der Waals surface area contributed by atoms with Gasteiger partial charge in [0.15, 0.2) is 5.96 Å². The molecule has 0 saturated carbocycles. The van der Waals surface area contributed by atoms with Gasteiger partial charge in [-0.15, -0.1) is 24.0 Å². The quantitative estimate of drug-likeness (QED) is 0.228. The number of aliphatic imine (C=N–C) groups is 1. The summed E-state index contributed by atoms with van der Waals surface area (Å²) < 4.78 is 13.7. The van der Waals surface area contributed by atoms with Gasteiger partial charge < -0.3 is 24.7 Å². The number of rotatable bonds is 9. The number of nitrogens with zero attached hydrogens (tertiary/aromatic N) is 3. The van der Waals surface area contributed by atoms with Crippen LogP contribution in [0.3, 0.4) is 0 Å². The van der Waals surface area contributed by atoms with Gasteiger partial charge in [-0.05, 0) is 36.1 Å². The first kappa shape index (κ1) is 26.0. The molecule has 34 heavy (non-hydrogen) atoms. The molecule has 8 heteroatoms. The van der Waals surface area contributed by atoms with Gasteiger partial charge in [0.2, 0.25) is 0 Å². The number of aryl methyl sites for hydroxylation is 1. The van der Waals surface area contributed by atoms with Crippen LogP contribution in [0.5, 0.6) is 5.75 Å². The number of benzene rings is 2. The van der Waals surface area contributed by atoms with Crippen LogP contribution in [-0.2, 0) is 24.4 Å². The summed E-state index contributed by atoms with van der Waals surface area (Å²) in [6.07, 6.45) is 6.67. The molecule has 0 spiro atoms. The van der Waals surface area contributed by atoms with E-state index in [1.165, 1.54) is 16.7 Å². The lowest BCUT2D eigenvalue weighted by Gasteiger charge is -2.17. The lowest BCUT2D eigenvalue weighted by molar-refractivity contribution is 0.166. The molecule has 1 saturated heterocycles. The summed E-state index contributed by atoms with van der Waals surface area (Å²) in [7, 11) is 1.79. The molecule has 0 radical (unpaired) electrons. The molecule has 3 aromatic rings. The Morgan fingerprint density at radius 3 is 2.65 bits per heavy atom. The minimum atomic E-state index is 0. The molecule has 0 bridgehead atoms. The van der Waals surface area contributed by atoms with Crippen LogP contribution in [0.15, 0.2) is 66.2 Å². The van der Waals surface area contributed by atoms with Gasteiger partial charge in [0, 0.05) is 57.2 Å². The van der Waals surface area contributed by atoms with Crippen molar-refractivity contribution < 1.29 is 9.47 Å². The standard InChI is InChI=1S/C26H33N5O2.HI/c1-20-3-8-24(25(13-20)33-18-23-9-12-32-17-23)15-30-26(27-2)29-14-21-4-6-22(7-5-21)16-31-11-10-28-19-31;/h3-8,10-11,13,19,23H,9,12,14-18H2,1-2H3,(H2,27,29,30);1H. The zero-order valence-electron chi connectivity index (χ0n) is 19.9. The van der Waals surface area contributed by atoms with Crippen molar-refractivity contribution in [2.75, 3.05) is 26.9 Å². The second kappa shape index (κ2) is 13.3. The zero-order valence-corrected chi connectivity index (χ0v) is 22.2. The van der Waals surface area contributed by atoms with Crippen molar-refractivity contribution in [2.45, 2.75) is 33.0 Å². The number of guanidine groups is 1. The fourth-order valence-electron chi connectivity index (χ4n) is 3.80. The molecule has 1 unspecified atom stereocenters. The lowest BCUT2D eigenvalue weighted by Crippen LogP contribution is -2.36. The molecule has 0 aliphatic carbocycles. The van der Waals surface area contributed by atoms with Gasteiger partial charge in [0.1, 0.15) is 5.75 Å². The first-order valence-electron chi connectivity index (χ1n) is 11.5. The average molecular weight is 575 g/mol. The maximum Gasteiger partial charge on any atom is 0.191 e. The highest BCUT2D eigenvalue weighted by molar-refractivity contribution is 14.0. The van der Waals surface area contributed by atoms with Crippen LogP contribution in [-0.4, -0.2) is 42.4 Å². The monoisotopic (exact) mass is 575 g/mol. The van der Waals surface area contributed by atoms with Crippen molar-refractivity contribution in [3.05, 3.63) is 83.4 Å². The maximum atomic E-state index is 6.16. The molecular weight excluding hydrogens is 541 g/mol. The highest BCUT2D eigenvalue weighted by Gasteiger charge is 2.17. The van der Waals surface area contributed by atoms with Crippen LogP contribution >= 0.6 is 24.0 Å². The van der Waals surface area contributed by atoms with E-state index >= 15 is 0 Å². The molecule has 4 rings (SSSR count). The predicted molar refractivity (Wildman–Crippen MR) is 146 cm³/mol. The molecule has 182 valence electrons. The third-order valence-corrected chi connectivity index (χ3v) is 5.80. The van der Waals surface area contributed by atoms with E-state index in [4.69, 9.17) is 9.47 Å². The van der Waals surface area contributed by atoms with Gasteiger partial charge in [-0.25, -0.2) is 4.98 Å². The minimum Gasteiger partial charge on any atom is -0.493 e. The zero-order chi connectivity index (χ0) is 22.9. The molecule has 2 N–H and O–H groups in total. The number of imidazole rings is 1. The second-order valence-electron chi connectivity index (χ2n) is 8.48. The van der Waals surface area contributed by atoms with Gasteiger partial charge in [-0.3, -0.25) is 4.99 Å². The average Bonchev–Trinajstić information content (AvgIpc) is 3.54. The van der Waals surface area contributed by atoms with Crippen molar-refractivity contribution >= 4 is 29.9 Å². The van der Waals surface area contributed by atoms with Crippen molar-refractivity contribution in [1.29, 1.82) is 0 Å². The highest BCUT2D eigenvalue weighted by Crippen LogP contribution is 2.22. The Bertz CT molecular complexity index is 1030. The second-order valence-corrected chi connectivity index (χ2v) is 8.48. The Morgan fingerprint density at radius 2 is 1.94 bits per heavy atom. The molecule has 1 aliphatic rings. The van der Waals surface area contributed by atoms with Crippen molar-refractivity contribution in [1.82, 2.24) is 20.2 Å². The summed E-state index contributed by atoms with van der Waals surface area (Å²) in [4.78, 5) is 8.46. The fourth-order valence-corrected chi connectivity index (χ4v) is 3.80. The molecular formula is C26H34IN5O2.